The third-order valence-corrected chi connectivity index (χ3v) is 3.98. The number of hydrogen-bond acceptors (Lipinski definition) is 3. The van der Waals surface area contributed by atoms with Gasteiger partial charge >= 0.3 is 5.97 Å². The van der Waals surface area contributed by atoms with Gasteiger partial charge in [-0.1, -0.05) is 48.5 Å². The Kier molecular flexibility index (Phi) is 6.91. The molecule has 1 atom stereocenters. The zero-order valence-corrected chi connectivity index (χ0v) is 14.6. The summed E-state index contributed by atoms with van der Waals surface area (Å²) < 4.78 is 0. The van der Waals surface area contributed by atoms with E-state index in [9.17, 15) is 14.4 Å². The van der Waals surface area contributed by atoms with Gasteiger partial charge in [-0.05, 0) is 24.6 Å². The molecule has 6 heteroatoms. The summed E-state index contributed by atoms with van der Waals surface area (Å²) in [5.41, 5.74) is 1.29. The number of hydrogen-bond donors (Lipinski definition) is 2. The van der Waals surface area contributed by atoms with Gasteiger partial charge in [0.2, 0.25) is 5.91 Å². The highest BCUT2D eigenvalue weighted by Gasteiger charge is 2.23. The summed E-state index contributed by atoms with van der Waals surface area (Å²) in [7, 11) is 0. The third kappa shape index (κ3) is 5.44. The molecule has 0 radical (unpaired) electrons. The van der Waals surface area contributed by atoms with Crippen molar-refractivity contribution in [1.82, 2.24) is 10.2 Å². The predicted molar refractivity (Wildman–Crippen MR) is 97.6 cm³/mol. The van der Waals surface area contributed by atoms with Crippen LogP contribution in [0.4, 0.5) is 0 Å². The number of nitrogens with zero attached hydrogens (tertiary/aromatic N) is 1. The molecule has 2 rings (SSSR count). The highest BCUT2D eigenvalue weighted by molar-refractivity contribution is 5.94. The Morgan fingerprint density at radius 1 is 1.00 bits per heavy atom. The molecule has 2 N–H and O–H groups in total. The molecule has 0 heterocycles. The zero-order valence-electron chi connectivity index (χ0n) is 14.6. The Morgan fingerprint density at radius 2 is 1.58 bits per heavy atom. The largest absolute Gasteiger partial charge is 0.480 e. The first kappa shape index (κ1) is 19.2. The minimum absolute atomic E-state index is 0.0102. The molecule has 0 aliphatic carbocycles. The van der Waals surface area contributed by atoms with E-state index in [1.807, 2.05) is 36.4 Å². The van der Waals surface area contributed by atoms with Gasteiger partial charge in [-0.3, -0.25) is 14.4 Å². The molecular formula is C20H22N2O4. The van der Waals surface area contributed by atoms with Crippen LogP contribution in [-0.4, -0.2) is 40.9 Å². The van der Waals surface area contributed by atoms with Gasteiger partial charge < -0.3 is 15.3 Å². The van der Waals surface area contributed by atoms with Crippen molar-refractivity contribution in [2.45, 2.75) is 19.4 Å². The average Bonchev–Trinajstić information content (AvgIpc) is 2.66. The molecule has 0 saturated heterocycles. The first-order valence-corrected chi connectivity index (χ1v) is 8.41. The highest BCUT2D eigenvalue weighted by atomic mass is 16.4. The zero-order chi connectivity index (χ0) is 18.9. The summed E-state index contributed by atoms with van der Waals surface area (Å²) in [6, 6.07) is 17.4. The highest BCUT2D eigenvalue weighted by Crippen LogP contribution is 2.19. The van der Waals surface area contributed by atoms with E-state index in [2.05, 4.69) is 5.32 Å². The first-order chi connectivity index (χ1) is 12.5. The molecule has 0 aromatic heterocycles. The van der Waals surface area contributed by atoms with Crippen molar-refractivity contribution in [1.29, 1.82) is 0 Å². The van der Waals surface area contributed by atoms with E-state index in [0.717, 1.165) is 5.56 Å². The van der Waals surface area contributed by atoms with E-state index < -0.39 is 12.0 Å². The quantitative estimate of drug-likeness (QED) is 0.762. The minimum Gasteiger partial charge on any atom is -0.480 e. The summed E-state index contributed by atoms with van der Waals surface area (Å²) in [6.07, 6.45) is -0.0102. The van der Waals surface area contributed by atoms with Gasteiger partial charge in [0.15, 0.2) is 0 Å². The fraction of sp³-hybridized carbons (Fsp3) is 0.250. The third-order valence-electron chi connectivity index (χ3n) is 3.98. The van der Waals surface area contributed by atoms with Crippen molar-refractivity contribution in [3.63, 3.8) is 0 Å². The molecule has 1 unspecified atom stereocenters. The Morgan fingerprint density at radius 3 is 2.12 bits per heavy atom. The maximum Gasteiger partial charge on any atom is 0.323 e. The van der Waals surface area contributed by atoms with Crippen molar-refractivity contribution in [2.75, 3.05) is 13.1 Å². The Labute approximate surface area is 152 Å². The van der Waals surface area contributed by atoms with E-state index in [1.165, 1.54) is 4.90 Å². The molecule has 0 saturated carbocycles. The maximum absolute atomic E-state index is 12.5. The van der Waals surface area contributed by atoms with Crippen molar-refractivity contribution < 1.29 is 19.5 Å². The SMILES string of the molecule is CCN(CC(=O)O)C(=O)CC(NC(=O)c1ccccc1)c1ccccc1. The summed E-state index contributed by atoms with van der Waals surface area (Å²) in [4.78, 5) is 37.2. The lowest BCUT2D eigenvalue weighted by Crippen LogP contribution is -2.39. The number of aliphatic carboxylic acids is 1. The fourth-order valence-corrected chi connectivity index (χ4v) is 2.61. The maximum atomic E-state index is 12.5. The number of nitrogens with one attached hydrogen (secondary N) is 1. The van der Waals surface area contributed by atoms with Gasteiger partial charge in [0.05, 0.1) is 12.5 Å². The number of carbonyl (C=O) groups is 3. The summed E-state index contributed by atoms with van der Waals surface area (Å²) >= 11 is 0. The van der Waals surface area contributed by atoms with E-state index in [1.54, 1.807) is 31.2 Å². The van der Waals surface area contributed by atoms with E-state index >= 15 is 0 Å². The number of likely N-dealkylation sites (N-methyl/N-ethyl adjacent to an activating group) is 1. The van der Waals surface area contributed by atoms with E-state index in [4.69, 9.17) is 5.11 Å². The van der Waals surface area contributed by atoms with Crippen LogP contribution < -0.4 is 5.32 Å². The molecule has 6 nitrogen and oxygen atoms in total. The molecular weight excluding hydrogens is 332 g/mol. The summed E-state index contributed by atoms with van der Waals surface area (Å²) in [5, 5.41) is 11.8. The molecule has 2 amide bonds. The molecule has 0 aliphatic rings. The van der Waals surface area contributed by atoms with Crippen molar-refractivity contribution in [3.8, 4) is 0 Å². The molecule has 0 bridgehead atoms. The number of rotatable bonds is 8. The van der Waals surface area contributed by atoms with E-state index in [-0.39, 0.29) is 24.8 Å². The van der Waals surface area contributed by atoms with Crippen molar-refractivity contribution >= 4 is 17.8 Å². The lowest BCUT2D eigenvalue weighted by atomic mass is 10.0. The minimum atomic E-state index is -1.07. The number of carbonyl (C=O) groups excluding carboxylic acids is 2. The topological polar surface area (TPSA) is 86.7 Å². The van der Waals surface area contributed by atoms with Crippen LogP contribution in [0.15, 0.2) is 60.7 Å². The number of carboxylic acid groups (broad SMARTS) is 1. The monoisotopic (exact) mass is 354 g/mol. The number of carboxylic acids is 1. The second-order valence-electron chi connectivity index (χ2n) is 5.81. The van der Waals surface area contributed by atoms with Gasteiger partial charge in [-0.2, -0.15) is 0 Å². The number of amides is 2. The Hall–Kier alpha value is -3.15. The lowest BCUT2D eigenvalue weighted by molar-refractivity contribution is -0.144. The van der Waals surface area contributed by atoms with Gasteiger partial charge in [-0.15, -0.1) is 0 Å². The van der Waals surface area contributed by atoms with E-state index in [0.29, 0.717) is 12.1 Å². The van der Waals surface area contributed by atoms with Crippen LogP contribution in [0.1, 0.15) is 35.3 Å². The molecule has 136 valence electrons. The van der Waals surface area contributed by atoms with Crippen LogP contribution in [-0.2, 0) is 9.59 Å². The Balaban J connectivity index is 2.18. The van der Waals surface area contributed by atoms with Crippen LogP contribution in [0.25, 0.3) is 0 Å². The molecule has 26 heavy (non-hydrogen) atoms. The molecule has 0 fully saturated rings. The molecule has 2 aromatic carbocycles. The van der Waals surface area contributed by atoms with Crippen LogP contribution in [0, 0.1) is 0 Å². The molecule has 0 spiro atoms. The van der Waals surface area contributed by atoms with Gasteiger partial charge in [0, 0.05) is 12.1 Å². The van der Waals surface area contributed by atoms with Crippen LogP contribution in [0.5, 0.6) is 0 Å². The van der Waals surface area contributed by atoms with Crippen LogP contribution in [0.2, 0.25) is 0 Å². The molecule has 2 aromatic rings. The second-order valence-corrected chi connectivity index (χ2v) is 5.81. The van der Waals surface area contributed by atoms with Gasteiger partial charge in [-0.25, -0.2) is 0 Å². The van der Waals surface area contributed by atoms with Crippen molar-refractivity contribution in [2.24, 2.45) is 0 Å². The number of benzene rings is 2. The van der Waals surface area contributed by atoms with Crippen LogP contribution >= 0.6 is 0 Å². The fourth-order valence-electron chi connectivity index (χ4n) is 2.61. The predicted octanol–water partition coefficient (Wildman–Crippen LogP) is 2.48. The lowest BCUT2D eigenvalue weighted by Gasteiger charge is -2.24. The van der Waals surface area contributed by atoms with Crippen molar-refractivity contribution in [3.05, 3.63) is 71.8 Å². The smallest absolute Gasteiger partial charge is 0.323 e. The Bertz CT molecular complexity index is 747. The normalized spacial score (nSPS) is 11.4. The first-order valence-electron chi connectivity index (χ1n) is 8.41. The summed E-state index contributed by atoms with van der Waals surface area (Å²) in [6.45, 7) is 1.66. The standard InChI is InChI=1S/C20H22N2O4/c1-2-22(14-19(24)25)18(23)13-17(15-9-5-3-6-10-15)21-20(26)16-11-7-4-8-12-16/h3-12,17H,2,13-14H2,1H3,(H,21,26)(H,24,25). The average molecular weight is 354 g/mol. The van der Waals surface area contributed by atoms with Crippen LogP contribution in [0.3, 0.4) is 0 Å². The summed E-state index contributed by atoms with van der Waals surface area (Å²) in [5.74, 6) is -1.67. The molecule has 0 aliphatic heterocycles. The second kappa shape index (κ2) is 9.36. The van der Waals surface area contributed by atoms with Gasteiger partial charge in [0.1, 0.15) is 6.54 Å². The van der Waals surface area contributed by atoms with Gasteiger partial charge in [0.25, 0.3) is 5.91 Å².